The first-order valence-corrected chi connectivity index (χ1v) is 5.44. The van der Waals surface area contributed by atoms with Gasteiger partial charge in [0.2, 0.25) is 11.8 Å². The van der Waals surface area contributed by atoms with Crippen LogP contribution in [0.5, 0.6) is 11.6 Å². The number of amides is 1. The molecule has 0 aliphatic rings. The molecule has 0 bridgehead atoms. The van der Waals surface area contributed by atoms with Gasteiger partial charge in [-0.05, 0) is 38.1 Å². The third-order valence-electron chi connectivity index (χ3n) is 2.30. The predicted molar refractivity (Wildman–Crippen MR) is 66.5 cm³/mol. The van der Waals surface area contributed by atoms with Crippen molar-refractivity contribution in [2.75, 3.05) is 0 Å². The van der Waals surface area contributed by atoms with Gasteiger partial charge in [0.05, 0.1) is 0 Å². The van der Waals surface area contributed by atoms with Crippen LogP contribution in [0.25, 0.3) is 0 Å². The molecule has 2 N–H and O–H groups in total. The molecule has 1 amide bonds. The van der Waals surface area contributed by atoms with E-state index in [1.54, 1.807) is 37.3 Å². The summed E-state index contributed by atoms with van der Waals surface area (Å²) in [5.74, 6) is 1.26. The number of ether oxygens (including phenoxy) is 1. The van der Waals surface area contributed by atoms with Gasteiger partial charge in [0.25, 0.3) is 0 Å². The van der Waals surface area contributed by atoms with Gasteiger partial charge in [0.15, 0.2) is 0 Å². The molecule has 0 radical (unpaired) electrons. The Kier molecular flexibility index (Phi) is 3.23. The van der Waals surface area contributed by atoms with E-state index >= 15 is 0 Å². The van der Waals surface area contributed by atoms with Crippen LogP contribution >= 0.6 is 0 Å². The Bertz CT molecular complexity index is 559. The van der Waals surface area contributed by atoms with Crippen LogP contribution in [0.3, 0.4) is 0 Å². The number of hydrogen-bond acceptors (Lipinski definition) is 4. The quantitative estimate of drug-likeness (QED) is 0.894. The normalized spacial score (nSPS) is 10.1. The maximum Gasteiger partial charge on any atom is 0.248 e. The lowest BCUT2D eigenvalue weighted by molar-refractivity contribution is 0.100. The standard InChI is InChI=1S/C13H13N3O2/c1-8-7-12(16-9(2)15-8)18-11-5-3-10(4-6-11)13(14)17/h3-7H,1-2H3,(H2,14,17). The van der Waals surface area contributed by atoms with E-state index in [2.05, 4.69) is 9.97 Å². The van der Waals surface area contributed by atoms with Gasteiger partial charge in [-0.15, -0.1) is 0 Å². The summed E-state index contributed by atoms with van der Waals surface area (Å²) in [4.78, 5) is 19.2. The third kappa shape index (κ3) is 2.82. The molecule has 92 valence electrons. The molecule has 0 aliphatic carbocycles. The summed E-state index contributed by atoms with van der Waals surface area (Å²) in [6, 6.07) is 8.31. The van der Waals surface area contributed by atoms with E-state index in [0.29, 0.717) is 23.0 Å². The van der Waals surface area contributed by atoms with Crippen molar-refractivity contribution in [3.63, 3.8) is 0 Å². The van der Waals surface area contributed by atoms with Gasteiger partial charge < -0.3 is 10.5 Å². The molecular weight excluding hydrogens is 230 g/mol. The first-order valence-electron chi connectivity index (χ1n) is 5.44. The summed E-state index contributed by atoms with van der Waals surface area (Å²) < 4.78 is 5.57. The van der Waals surface area contributed by atoms with E-state index in [4.69, 9.17) is 10.5 Å². The van der Waals surface area contributed by atoms with Crippen molar-refractivity contribution >= 4 is 5.91 Å². The molecule has 0 spiro atoms. The average Bonchev–Trinajstić information content (AvgIpc) is 2.28. The summed E-state index contributed by atoms with van der Waals surface area (Å²) >= 11 is 0. The summed E-state index contributed by atoms with van der Waals surface area (Å²) in [6.07, 6.45) is 0. The van der Waals surface area contributed by atoms with Gasteiger partial charge in [-0.1, -0.05) is 0 Å². The molecule has 2 rings (SSSR count). The first kappa shape index (κ1) is 12.0. The van der Waals surface area contributed by atoms with Crippen molar-refractivity contribution in [2.24, 2.45) is 5.73 Å². The van der Waals surface area contributed by atoms with Crippen LogP contribution in [0.2, 0.25) is 0 Å². The first-order chi connectivity index (χ1) is 8.54. The van der Waals surface area contributed by atoms with E-state index in [1.165, 1.54) is 0 Å². The second-order valence-corrected chi connectivity index (χ2v) is 3.89. The number of aromatic nitrogens is 2. The number of nitrogens with zero attached hydrogens (tertiary/aromatic N) is 2. The second kappa shape index (κ2) is 4.83. The highest BCUT2D eigenvalue weighted by Crippen LogP contribution is 2.20. The monoisotopic (exact) mass is 243 g/mol. The molecule has 1 heterocycles. The Labute approximate surface area is 105 Å². The Morgan fingerprint density at radius 2 is 1.83 bits per heavy atom. The van der Waals surface area contributed by atoms with Crippen molar-refractivity contribution in [3.8, 4) is 11.6 Å². The van der Waals surface area contributed by atoms with Crippen LogP contribution < -0.4 is 10.5 Å². The number of hydrogen-bond donors (Lipinski definition) is 1. The number of carbonyl (C=O) groups excluding carboxylic acids is 1. The highest BCUT2D eigenvalue weighted by molar-refractivity contribution is 5.92. The maximum atomic E-state index is 10.9. The van der Waals surface area contributed by atoms with E-state index in [-0.39, 0.29) is 0 Å². The predicted octanol–water partition coefficient (Wildman–Crippen LogP) is 1.98. The summed E-state index contributed by atoms with van der Waals surface area (Å²) in [5, 5.41) is 0. The molecule has 5 nitrogen and oxygen atoms in total. The molecular formula is C13H13N3O2. The minimum atomic E-state index is -0.463. The molecule has 0 saturated heterocycles. The van der Waals surface area contributed by atoms with Crippen LogP contribution in [-0.4, -0.2) is 15.9 Å². The zero-order chi connectivity index (χ0) is 13.1. The van der Waals surface area contributed by atoms with Crippen molar-refractivity contribution in [2.45, 2.75) is 13.8 Å². The van der Waals surface area contributed by atoms with E-state index in [1.807, 2.05) is 6.92 Å². The van der Waals surface area contributed by atoms with Gasteiger partial charge in [-0.3, -0.25) is 4.79 Å². The van der Waals surface area contributed by atoms with Crippen LogP contribution in [-0.2, 0) is 0 Å². The minimum absolute atomic E-state index is 0.442. The van der Waals surface area contributed by atoms with Crippen molar-refractivity contribution in [3.05, 3.63) is 47.4 Å². The van der Waals surface area contributed by atoms with Gasteiger partial charge >= 0.3 is 0 Å². The number of primary amides is 1. The number of benzene rings is 1. The fourth-order valence-corrected chi connectivity index (χ4v) is 1.54. The van der Waals surface area contributed by atoms with E-state index in [9.17, 15) is 4.79 Å². The zero-order valence-corrected chi connectivity index (χ0v) is 10.2. The highest BCUT2D eigenvalue weighted by atomic mass is 16.5. The molecule has 1 aromatic heterocycles. The lowest BCUT2D eigenvalue weighted by Crippen LogP contribution is -2.10. The smallest absolute Gasteiger partial charge is 0.248 e. The van der Waals surface area contributed by atoms with Gasteiger partial charge in [-0.25, -0.2) is 4.98 Å². The van der Waals surface area contributed by atoms with Gasteiger partial charge in [0.1, 0.15) is 11.6 Å². The number of carbonyl (C=O) groups is 1. The van der Waals surface area contributed by atoms with Gasteiger partial charge in [0, 0.05) is 17.3 Å². The molecule has 5 heteroatoms. The summed E-state index contributed by atoms with van der Waals surface area (Å²) in [5.41, 5.74) is 6.44. The molecule has 0 unspecified atom stereocenters. The molecule has 0 aliphatic heterocycles. The lowest BCUT2D eigenvalue weighted by atomic mass is 10.2. The summed E-state index contributed by atoms with van der Waals surface area (Å²) in [6.45, 7) is 3.67. The molecule has 2 aromatic rings. The Hall–Kier alpha value is -2.43. The highest BCUT2D eigenvalue weighted by Gasteiger charge is 2.03. The molecule has 0 saturated carbocycles. The fraction of sp³-hybridized carbons (Fsp3) is 0.154. The topological polar surface area (TPSA) is 78.1 Å². The third-order valence-corrected chi connectivity index (χ3v) is 2.30. The van der Waals surface area contributed by atoms with Crippen molar-refractivity contribution in [1.29, 1.82) is 0 Å². The Balaban J connectivity index is 2.20. The Morgan fingerprint density at radius 3 is 2.39 bits per heavy atom. The SMILES string of the molecule is Cc1cc(Oc2ccc(C(N)=O)cc2)nc(C)n1. The Morgan fingerprint density at radius 1 is 1.17 bits per heavy atom. The number of rotatable bonds is 3. The second-order valence-electron chi connectivity index (χ2n) is 3.89. The van der Waals surface area contributed by atoms with Crippen LogP contribution in [0, 0.1) is 13.8 Å². The number of aryl methyl sites for hydroxylation is 2. The van der Waals surface area contributed by atoms with E-state index < -0.39 is 5.91 Å². The minimum Gasteiger partial charge on any atom is -0.439 e. The molecule has 18 heavy (non-hydrogen) atoms. The molecule has 0 atom stereocenters. The maximum absolute atomic E-state index is 10.9. The van der Waals surface area contributed by atoms with Crippen molar-refractivity contribution in [1.82, 2.24) is 9.97 Å². The van der Waals surface area contributed by atoms with Crippen LogP contribution in [0.15, 0.2) is 30.3 Å². The fourth-order valence-electron chi connectivity index (χ4n) is 1.54. The lowest BCUT2D eigenvalue weighted by Gasteiger charge is -2.06. The van der Waals surface area contributed by atoms with E-state index in [0.717, 1.165) is 5.69 Å². The number of nitrogens with two attached hydrogens (primary N) is 1. The largest absolute Gasteiger partial charge is 0.439 e. The zero-order valence-electron chi connectivity index (χ0n) is 10.2. The van der Waals surface area contributed by atoms with Crippen LogP contribution in [0.4, 0.5) is 0 Å². The summed E-state index contributed by atoms with van der Waals surface area (Å²) in [7, 11) is 0. The molecule has 0 fully saturated rings. The average molecular weight is 243 g/mol. The van der Waals surface area contributed by atoms with Gasteiger partial charge in [-0.2, -0.15) is 4.98 Å². The van der Waals surface area contributed by atoms with Crippen LogP contribution in [0.1, 0.15) is 21.9 Å². The van der Waals surface area contributed by atoms with Crippen molar-refractivity contribution < 1.29 is 9.53 Å². The molecule has 1 aromatic carbocycles.